The molecule has 82 heavy (non-hydrogen) atoms. The number of hydrogen-bond acceptors (Lipinski definition) is 2. The summed E-state index contributed by atoms with van der Waals surface area (Å²) in [6.45, 7) is 27.9. The third-order valence-corrected chi connectivity index (χ3v) is 18.1. The van der Waals surface area contributed by atoms with Crippen LogP contribution in [0, 0.1) is 0 Å². The zero-order valence-corrected chi connectivity index (χ0v) is 49.4. The summed E-state index contributed by atoms with van der Waals surface area (Å²) in [5.41, 5.74) is 19.4. The molecule has 0 radical (unpaired) electrons. The Balaban J connectivity index is 1.03. The summed E-state index contributed by atoms with van der Waals surface area (Å²) >= 11 is 0. The van der Waals surface area contributed by atoms with Gasteiger partial charge in [0.05, 0.1) is 55.8 Å². The van der Waals surface area contributed by atoms with Crippen molar-refractivity contribution in [3.05, 3.63) is 229 Å². The number of rotatable bonds is 6. The van der Waals surface area contributed by atoms with Gasteiger partial charge in [-0.25, -0.2) is 0 Å². The molecule has 0 atom stereocenters. The van der Waals surface area contributed by atoms with Crippen molar-refractivity contribution in [2.75, 3.05) is 9.80 Å². The minimum atomic E-state index is -0.146. The molecule has 0 unspecified atom stereocenters. The second-order valence-corrected chi connectivity index (χ2v) is 27.4. The van der Waals surface area contributed by atoms with Crippen molar-refractivity contribution in [3.63, 3.8) is 0 Å². The van der Waals surface area contributed by atoms with E-state index in [0.717, 1.165) is 11.4 Å². The summed E-state index contributed by atoms with van der Waals surface area (Å²) in [6.07, 6.45) is 0. The van der Waals surface area contributed by atoms with E-state index in [0.29, 0.717) is 0 Å². The van der Waals surface area contributed by atoms with Crippen molar-refractivity contribution in [3.8, 4) is 0 Å². The quantitative estimate of drug-likeness (QED) is 0.165. The van der Waals surface area contributed by atoms with E-state index in [9.17, 15) is 0 Å². The van der Waals surface area contributed by atoms with Crippen LogP contribution in [-0.2, 0) is 21.7 Å². The van der Waals surface area contributed by atoms with Gasteiger partial charge in [0.25, 0.3) is 0 Å². The summed E-state index contributed by atoms with van der Waals surface area (Å²) in [5.74, 6) is 0. The van der Waals surface area contributed by atoms with Crippen LogP contribution in [0.15, 0.2) is 206 Å². The van der Waals surface area contributed by atoms with E-state index < -0.39 is 0 Å². The molecule has 0 aliphatic carbocycles. The van der Waals surface area contributed by atoms with Gasteiger partial charge in [0.1, 0.15) is 0 Å². The third-order valence-electron chi connectivity index (χ3n) is 18.1. The molecule has 4 heteroatoms. The maximum absolute atomic E-state index is 2.59. The summed E-state index contributed by atoms with van der Waals surface area (Å²) in [6, 6.07) is 79.0. The van der Waals surface area contributed by atoms with Crippen LogP contribution in [-0.4, -0.2) is 8.80 Å². The predicted octanol–water partition coefficient (Wildman–Crippen LogP) is 22.4. The molecule has 0 fully saturated rings. The number of nitrogens with zero attached hydrogens (tertiary/aromatic N) is 4. The smallest absolute Gasteiger partial charge is 0.0641 e. The lowest BCUT2D eigenvalue weighted by Gasteiger charge is -2.34. The SMILES string of the molecule is CC(C)(C)c1ccc(N(c2c(C(C)(C)C)ccc3ccccc23)c2ccc3c4cc5c(cc4n4c6ccccc6c2c34)c2ccc(N(c3ccc(C(C)(C)C)cc3)c3c(C(C)(C)C)ccc4ccccc34)c3c4ccccc4n5c23)cc1. The maximum atomic E-state index is 2.59. The van der Waals surface area contributed by atoms with E-state index >= 15 is 0 Å². The van der Waals surface area contributed by atoms with E-state index in [1.54, 1.807) is 0 Å². The highest BCUT2D eigenvalue weighted by Crippen LogP contribution is 2.54. The van der Waals surface area contributed by atoms with Crippen LogP contribution in [0.4, 0.5) is 34.1 Å². The van der Waals surface area contributed by atoms with Crippen molar-refractivity contribution in [2.24, 2.45) is 0 Å². The van der Waals surface area contributed by atoms with E-state index in [1.807, 2.05) is 0 Å². The number of anilines is 6. The molecule has 4 nitrogen and oxygen atoms in total. The fourth-order valence-electron chi connectivity index (χ4n) is 14.0. The lowest BCUT2D eigenvalue weighted by Crippen LogP contribution is -2.20. The molecule has 4 aromatic heterocycles. The van der Waals surface area contributed by atoms with Crippen LogP contribution in [0.1, 0.15) is 105 Å². The average molecular weight is 1060 g/mol. The molecule has 0 spiro atoms. The molecule has 0 N–H and O–H groups in total. The molecule has 0 aliphatic heterocycles. The molecule has 402 valence electrons. The number of aromatic nitrogens is 2. The Labute approximate surface area is 481 Å². The molecule has 15 rings (SSSR count). The Morgan fingerprint density at radius 3 is 1.00 bits per heavy atom. The number of benzene rings is 11. The van der Waals surface area contributed by atoms with Crippen molar-refractivity contribution >= 4 is 132 Å². The van der Waals surface area contributed by atoms with E-state index in [4.69, 9.17) is 0 Å². The molecule has 15 aromatic rings. The van der Waals surface area contributed by atoms with E-state index in [1.165, 1.54) is 143 Å². The highest BCUT2D eigenvalue weighted by atomic mass is 15.2. The molecule has 0 aliphatic rings. The minimum absolute atomic E-state index is 0.0148. The first kappa shape index (κ1) is 50.1. The van der Waals surface area contributed by atoms with Crippen LogP contribution in [0.2, 0.25) is 0 Å². The van der Waals surface area contributed by atoms with Crippen LogP contribution >= 0.6 is 0 Å². The molecule has 0 amide bonds. The second kappa shape index (κ2) is 17.3. The summed E-state index contributed by atoms with van der Waals surface area (Å²) in [7, 11) is 0. The molecular formula is C78H70N4. The van der Waals surface area contributed by atoms with Gasteiger partial charge in [-0.1, -0.05) is 229 Å². The average Bonchev–Trinajstić information content (AvgIpc) is 1.89. The molecule has 0 saturated heterocycles. The lowest BCUT2D eigenvalue weighted by molar-refractivity contribution is 0.589. The van der Waals surface area contributed by atoms with Crippen molar-refractivity contribution in [1.29, 1.82) is 0 Å². The van der Waals surface area contributed by atoms with Crippen LogP contribution in [0.5, 0.6) is 0 Å². The first-order valence-corrected chi connectivity index (χ1v) is 29.4. The van der Waals surface area contributed by atoms with Gasteiger partial charge in [0, 0.05) is 65.2 Å². The summed E-state index contributed by atoms with van der Waals surface area (Å²) < 4.78 is 5.17. The minimum Gasteiger partial charge on any atom is -0.309 e. The van der Waals surface area contributed by atoms with Gasteiger partial charge in [0.15, 0.2) is 0 Å². The Bertz CT molecular complexity index is 4740. The Hall–Kier alpha value is -8.86. The topological polar surface area (TPSA) is 15.3 Å². The zero-order valence-electron chi connectivity index (χ0n) is 49.4. The summed E-state index contributed by atoms with van der Waals surface area (Å²) in [5, 5.41) is 15.0. The van der Waals surface area contributed by atoms with E-state index in [2.05, 4.69) is 308 Å². The van der Waals surface area contributed by atoms with Crippen molar-refractivity contribution < 1.29 is 0 Å². The molecule has 11 aromatic carbocycles. The number of fused-ring (bicyclic) bond motifs is 14. The first-order chi connectivity index (χ1) is 39.3. The monoisotopic (exact) mass is 1060 g/mol. The predicted molar refractivity (Wildman–Crippen MR) is 355 cm³/mol. The molecule has 0 saturated carbocycles. The maximum Gasteiger partial charge on any atom is 0.0641 e. The Morgan fingerprint density at radius 1 is 0.280 bits per heavy atom. The van der Waals surface area contributed by atoms with Crippen molar-refractivity contribution in [2.45, 2.75) is 105 Å². The third kappa shape index (κ3) is 7.29. The normalized spacial score (nSPS) is 13.1. The van der Waals surface area contributed by atoms with Gasteiger partial charge in [-0.2, -0.15) is 0 Å². The largest absolute Gasteiger partial charge is 0.309 e. The summed E-state index contributed by atoms with van der Waals surface area (Å²) in [4.78, 5) is 5.19. The van der Waals surface area contributed by atoms with Crippen molar-refractivity contribution in [1.82, 2.24) is 8.80 Å². The standard InChI is InChI=1S/C78H70N4/c1-75(2,3)49-31-35-51(36-32-49)79(71-53-23-15-13-21-47(53)29-41-61(71)77(7,8)9)65-43-39-55-59-45-68-60(46-67(59)81-63-27-19-17-25-57(63)69(65)73(55)81)56-40-44-66(70-58-26-18-20-28-64(58)82(68)74(56)70)80(52-37-33-50(34-38-52)76(4,5)6)72-54-24-16-14-22-48(54)30-42-62(72)78(10,11)12/h13-46H,1-12H3. The van der Waals surface area contributed by atoms with Gasteiger partial charge < -0.3 is 18.6 Å². The molecular weight excluding hydrogens is 993 g/mol. The fourth-order valence-corrected chi connectivity index (χ4v) is 14.0. The van der Waals surface area contributed by atoms with Crippen LogP contribution < -0.4 is 9.80 Å². The zero-order chi connectivity index (χ0) is 56.5. The number of para-hydroxylation sites is 2. The second-order valence-electron chi connectivity index (χ2n) is 27.4. The highest BCUT2D eigenvalue weighted by Gasteiger charge is 2.33. The highest BCUT2D eigenvalue weighted by molar-refractivity contribution is 6.32. The van der Waals surface area contributed by atoms with E-state index in [-0.39, 0.29) is 21.7 Å². The van der Waals surface area contributed by atoms with Gasteiger partial charge in [-0.3, -0.25) is 0 Å². The van der Waals surface area contributed by atoms with Gasteiger partial charge in [-0.05, 0) is 115 Å². The lowest BCUT2D eigenvalue weighted by atomic mass is 9.83. The molecule has 4 heterocycles. The Morgan fingerprint density at radius 2 is 0.634 bits per heavy atom. The first-order valence-electron chi connectivity index (χ1n) is 29.4. The molecule has 0 bridgehead atoms. The van der Waals surface area contributed by atoms with Gasteiger partial charge in [-0.15, -0.1) is 0 Å². The van der Waals surface area contributed by atoms with Gasteiger partial charge in [0.2, 0.25) is 0 Å². The van der Waals surface area contributed by atoms with Crippen LogP contribution in [0.3, 0.4) is 0 Å². The van der Waals surface area contributed by atoms with Gasteiger partial charge >= 0.3 is 0 Å². The Kier molecular flexibility index (Phi) is 10.6. The van der Waals surface area contributed by atoms with Crippen LogP contribution in [0.25, 0.3) is 97.7 Å². The fraction of sp³-hybridized carbons (Fsp3) is 0.205. The number of hydrogen-bond donors (Lipinski definition) is 0.